The normalized spacial score (nSPS) is 19.9. The van der Waals surface area contributed by atoms with Crippen molar-refractivity contribution in [3.8, 4) is 0 Å². The van der Waals surface area contributed by atoms with E-state index < -0.39 is 0 Å². The van der Waals surface area contributed by atoms with Crippen LogP contribution in [-0.2, 0) is 6.42 Å². The van der Waals surface area contributed by atoms with E-state index in [4.69, 9.17) is 0 Å². The van der Waals surface area contributed by atoms with Crippen LogP contribution >= 0.6 is 0 Å². The molecule has 0 radical (unpaired) electrons. The summed E-state index contributed by atoms with van der Waals surface area (Å²) in [5.41, 5.74) is 2.84. The Morgan fingerprint density at radius 1 is 1.11 bits per heavy atom. The van der Waals surface area contributed by atoms with Gasteiger partial charge in [-0.15, -0.1) is 0 Å². The average Bonchev–Trinajstić information content (AvgIpc) is 2.92. The fourth-order valence-corrected chi connectivity index (χ4v) is 3.13. The first-order valence-corrected chi connectivity index (χ1v) is 7.55. The zero-order valence-corrected chi connectivity index (χ0v) is 12.1. The van der Waals surface area contributed by atoms with Crippen LogP contribution in [0.5, 0.6) is 0 Å². The van der Waals surface area contributed by atoms with E-state index in [9.17, 15) is 0 Å². The molecule has 1 saturated carbocycles. The van der Waals surface area contributed by atoms with E-state index in [0.717, 1.165) is 12.3 Å². The Balaban J connectivity index is 1.91. The first-order chi connectivity index (χ1) is 8.70. The molecule has 1 aromatic rings. The maximum atomic E-state index is 3.78. The van der Waals surface area contributed by atoms with E-state index in [2.05, 4.69) is 50.4 Å². The summed E-state index contributed by atoms with van der Waals surface area (Å²) in [7, 11) is 0. The molecular formula is C17H27N. The number of aryl methyl sites for hydroxylation is 1. The number of hydrogen-bond acceptors (Lipinski definition) is 1. The van der Waals surface area contributed by atoms with Gasteiger partial charge in [-0.25, -0.2) is 0 Å². The molecule has 1 aliphatic rings. The van der Waals surface area contributed by atoms with Gasteiger partial charge in [-0.2, -0.15) is 0 Å². The van der Waals surface area contributed by atoms with Gasteiger partial charge in [0.25, 0.3) is 0 Å². The third-order valence-electron chi connectivity index (χ3n) is 4.51. The average molecular weight is 245 g/mol. The van der Waals surface area contributed by atoms with E-state index in [1.54, 1.807) is 0 Å². The highest BCUT2D eigenvalue weighted by molar-refractivity contribution is 5.24. The predicted molar refractivity (Wildman–Crippen MR) is 78.8 cm³/mol. The van der Waals surface area contributed by atoms with Gasteiger partial charge < -0.3 is 5.32 Å². The molecule has 1 N–H and O–H groups in total. The standard InChI is InChI=1S/C17H27N/c1-4-15-9-11-17(12-10-15)14(3)18-13(2)16-7-5-6-8-16/h9-14,16,18H,4-8H2,1-3H3/t13-,14?/m0/s1. The highest BCUT2D eigenvalue weighted by Gasteiger charge is 2.22. The summed E-state index contributed by atoms with van der Waals surface area (Å²) < 4.78 is 0. The van der Waals surface area contributed by atoms with E-state index in [0.29, 0.717) is 12.1 Å². The van der Waals surface area contributed by atoms with Crippen molar-refractivity contribution < 1.29 is 0 Å². The smallest absolute Gasteiger partial charge is 0.0294 e. The highest BCUT2D eigenvalue weighted by Crippen LogP contribution is 2.28. The minimum atomic E-state index is 0.464. The van der Waals surface area contributed by atoms with E-state index >= 15 is 0 Å². The molecule has 2 atom stereocenters. The van der Waals surface area contributed by atoms with Gasteiger partial charge in [0.05, 0.1) is 0 Å². The quantitative estimate of drug-likeness (QED) is 0.806. The van der Waals surface area contributed by atoms with Crippen molar-refractivity contribution in [2.45, 2.75) is 65.0 Å². The van der Waals surface area contributed by atoms with Crippen LogP contribution in [0.3, 0.4) is 0 Å². The fraction of sp³-hybridized carbons (Fsp3) is 0.647. The maximum absolute atomic E-state index is 3.78. The summed E-state index contributed by atoms with van der Waals surface area (Å²) in [4.78, 5) is 0. The Bertz CT molecular complexity index is 348. The fourth-order valence-electron chi connectivity index (χ4n) is 3.13. The summed E-state index contributed by atoms with van der Waals surface area (Å²) in [6.45, 7) is 6.85. The summed E-state index contributed by atoms with van der Waals surface area (Å²) in [5, 5.41) is 3.78. The summed E-state index contributed by atoms with van der Waals surface area (Å²) in [6, 6.07) is 10.2. The Labute approximate surface area is 112 Å². The monoisotopic (exact) mass is 245 g/mol. The molecule has 100 valence electrons. The molecule has 0 spiro atoms. The topological polar surface area (TPSA) is 12.0 Å². The van der Waals surface area contributed by atoms with Crippen LogP contribution in [0.2, 0.25) is 0 Å². The summed E-state index contributed by atoms with van der Waals surface area (Å²) in [6.07, 6.45) is 6.80. The first-order valence-electron chi connectivity index (χ1n) is 7.55. The first kappa shape index (κ1) is 13.6. The van der Waals surface area contributed by atoms with E-state index in [-0.39, 0.29) is 0 Å². The Hall–Kier alpha value is -0.820. The van der Waals surface area contributed by atoms with Crippen molar-refractivity contribution in [1.82, 2.24) is 5.32 Å². The van der Waals surface area contributed by atoms with Gasteiger partial charge in [0.1, 0.15) is 0 Å². The van der Waals surface area contributed by atoms with Gasteiger partial charge in [0.2, 0.25) is 0 Å². The van der Waals surface area contributed by atoms with Crippen LogP contribution in [0.25, 0.3) is 0 Å². The van der Waals surface area contributed by atoms with Crippen LogP contribution in [0.15, 0.2) is 24.3 Å². The second kappa shape index (κ2) is 6.38. The lowest BCUT2D eigenvalue weighted by atomic mass is 9.97. The molecular weight excluding hydrogens is 218 g/mol. The molecule has 18 heavy (non-hydrogen) atoms. The molecule has 0 aromatic heterocycles. The maximum Gasteiger partial charge on any atom is 0.0294 e. The number of benzene rings is 1. The van der Waals surface area contributed by atoms with Gasteiger partial charge in [-0.3, -0.25) is 0 Å². The molecule has 1 unspecified atom stereocenters. The van der Waals surface area contributed by atoms with Crippen LogP contribution in [0.1, 0.15) is 63.6 Å². The van der Waals surface area contributed by atoms with Crippen molar-refractivity contribution in [3.05, 3.63) is 35.4 Å². The Morgan fingerprint density at radius 3 is 2.28 bits per heavy atom. The molecule has 1 heteroatoms. The lowest BCUT2D eigenvalue weighted by Crippen LogP contribution is -2.34. The van der Waals surface area contributed by atoms with Crippen LogP contribution < -0.4 is 5.32 Å². The molecule has 0 amide bonds. The molecule has 0 saturated heterocycles. The molecule has 1 nitrogen and oxygen atoms in total. The molecule has 0 bridgehead atoms. The van der Waals surface area contributed by atoms with Crippen LogP contribution in [0, 0.1) is 5.92 Å². The van der Waals surface area contributed by atoms with Crippen LogP contribution in [0.4, 0.5) is 0 Å². The molecule has 1 aromatic carbocycles. The third kappa shape index (κ3) is 3.35. The SMILES string of the molecule is CCc1ccc(C(C)N[C@@H](C)C2CCCC2)cc1. The van der Waals surface area contributed by atoms with Crippen LogP contribution in [-0.4, -0.2) is 6.04 Å². The Kier molecular flexibility index (Phi) is 4.82. The molecule has 0 heterocycles. The summed E-state index contributed by atoms with van der Waals surface area (Å²) in [5.74, 6) is 0.891. The molecule has 2 rings (SSSR count). The minimum Gasteiger partial charge on any atom is -0.307 e. The minimum absolute atomic E-state index is 0.464. The molecule has 0 aliphatic heterocycles. The second-order valence-electron chi connectivity index (χ2n) is 5.82. The van der Waals surface area contributed by atoms with Gasteiger partial charge in [0.15, 0.2) is 0 Å². The Morgan fingerprint density at radius 2 is 1.72 bits per heavy atom. The highest BCUT2D eigenvalue weighted by atomic mass is 14.9. The van der Waals surface area contributed by atoms with Crippen molar-refractivity contribution in [2.24, 2.45) is 5.92 Å². The largest absolute Gasteiger partial charge is 0.307 e. The zero-order chi connectivity index (χ0) is 13.0. The number of nitrogens with one attached hydrogen (secondary N) is 1. The van der Waals surface area contributed by atoms with E-state index in [1.807, 2.05) is 0 Å². The number of hydrogen-bond donors (Lipinski definition) is 1. The summed E-state index contributed by atoms with van der Waals surface area (Å²) >= 11 is 0. The third-order valence-corrected chi connectivity index (χ3v) is 4.51. The van der Waals surface area contributed by atoms with Crippen molar-refractivity contribution in [3.63, 3.8) is 0 Å². The van der Waals surface area contributed by atoms with Crippen molar-refractivity contribution in [2.75, 3.05) is 0 Å². The van der Waals surface area contributed by atoms with Gasteiger partial charge >= 0.3 is 0 Å². The predicted octanol–water partition coefficient (Wildman–Crippen LogP) is 4.48. The second-order valence-corrected chi connectivity index (χ2v) is 5.82. The van der Waals surface area contributed by atoms with Crippen molar-refractivity contribution >= 4 is 0 Å². The van der Waals surface area contributed by atoms with Gasteiger partial charge in [0, 0.05) is 12.1 Å². The zero-order valence-electron chi connectivity index (χ0n) is 12.1. The van der Waals surface area contributed by atoms with Crippen molar-refractivity contribution in [1.29, 1.82) is 0 Å². The number of rotatable bonds is 5. The van der Waals surface area contributed by atoms with E-state index in [1.165, 1.54) is 36.8 Å². The van der Waals surface area contributed by atoms with Gasteiger partial charge in [-0.1, -0.05) is 44.0 Å². The molecule has 1 fully saturated rings. The molecule has 1 aliphatic carbocycles. The van der Waals surface area contributed by atoms with Gasteiger partial charge in [-0.05, 0) is 50.2 Å². The lowest BCUT2D eigenvalue weighted by Gasteiger charge is -2.25. The lowest BCUT2D eigenvalue weighted by molar-refractivity contribution is 0.352.